The van der Waals surface area contributed by atoms with Gasteiger partial charge in [0.1, 0.15) is 0 Å². The van der Waals surface area contributed by atoms with Crippen molar-refractivity contribution in [2.75, 3.05) is 11.1 Å². The Morgan fingerprint density at radius 2 is 1.68 bits per heavy atom. The van der Waals surface area contributed by atoms with Crippen LogP contribution in [-0.4, -0.2) is 30.3 Å². The van der Waals surface area contributed by atoms with Crippen molar-refractivity contribution in [3.63, 3.8) is 0 Å². The summed E-state index contributed by atoms with van der Waals surface area (Å²) in [6, 6.07) is 10.3. The van der Waals surface area contributed by atoms with Gasteiger partial charge in [0.05, 0.1) is 16.2 Å². The Morgan fingerprint density at radius 3 is 2.29 bits per heavy atom. The number of hydrogen-bond donors (Lipinski definition) is 1. The number of benzene rings is 2. The molecule has 3 aromatic rings. The van der Waals surface area contributed by atoms with E-state index in [9.17, 15) is 26.4 Å². The van der Waals surface area contributed by atoms with Gasteiger partial charge < -0.3 is 4.42 Å². The Balaban J connectivity index is 1.53. The zero-order valence-corrected chi connectivity index (χ0v) is 17.1. The largest absolute Gasteiger partial charge is 0.416 e. The summed E-state index contributed by atoms with van der Waals surface area (Å²) in [4.78, 5) is 12.2. The first-order chi connectivity index (χ1) is 14.5. The Kier molecular flexibility index (Phi) is 6.44. The van der Waals surface area contributed by atoms with E-state index in [2.05, 4.69) is 15.5 Å². The maximum absolute atomic E-state index is 12.6. The summed E-state index contributed by atoms with van der Waals surface area (Å²) in [6.07, 6.45) is -4.47. The van der Waals surface area contributed by atoms with Crippen LogP contribution in [0.3, 0.4) is 0 Å². The zero-order valence-electron chi connectivity index (χ0n) is 16.3. The lowest BCUT2D eigenvalue weighted by atomic mass is 10.1. The van der Waals surface area contributed by atoms with Gasteiger partial charge in [0.25, 0.3) is 0 Å². The highest BCUT2D eigenvalue weighted by atomic mass is 32.2. The maximum atomic E-state index is 12.6. The minimum atomic E-state index is -4.46. The quantitative estimate of drug-likeness (QED) is 0.574. The number of nitrogens with zero attached hydrogens (tertiary/aromatic N) is 2. The summed E-state index contributed by atoms with van der Waals surface area (Å²) in [5.41, 5.74) is 0.378. The molecule has 1 N–H and O–H groups in total. The standard InChI is InChI=1S/C20H18F3N3O4S/c1-13-4-10-16(11-5-13)31(28,29)12-2-3-17(27)24-19-26-25-18(30-19)14-6-8-15(9-7-14)20(21,22)23/h4-11H,2-3,12H2,1H3,(H,24,26,27). The van der Waals surface area contributed by atoms with Crippen LogP contribution >= 0.6 is 0 Å². The first-order valence-electron chi connectivity index (χ1n) is 9.15. The molecule has 0 aliphatic carbocycles. The summed E-state index contributed by atoms with van der Waals surface area (Å²) in [5, 5.41) is 9.66. The molecule has 0 saturated carbocycles. The molecular weight excluding hydrogens is 435 g/mol. The van der Waals surface area contributed by atoms with Crippen molar-refractivity contribution >= 4 is 21.8 Å². The van der Waals surface area contributed by atoms with E-state index in [0.717, 1.165) is 17.7 Å². The fourth-order valence-electron chi connectivity index (χ4n) is 2.66. The van der Waals surface area contributed by atoms with Crippen LogP contribution in [0, 0.1) is 6.92 Å². The van der Waals surface area contributed by atoms with Crippen LogP contribution in [0.4, 0.5) is 19.2 Å². The van der Waals surface area contributed by atoms with E-state index >= 15 is 0 Å². The van der Waals surface area contributed by atoms with Gasteiger partial charge in [-0.15, -0.1) is 5.10 Å². The van der Waals surface area contributed by atoms with Crippen molar-refractivity contribution in [2.24, 2.45) is 0 Å². The van der Waals surface area contributed by atoms with Crippen molar-refractivity contribution in [3.05, 3.63) is 59.7 Å². The Morgan fingerprint density at radius 1 is 1.03 bits per heavy atom. The van der Waals surface area contributed by atoms with E-state index in [1.807, 2.05) is 6.92 Å². The van der Waals surface area contributed by atoms with Crippen molar-refractivity contribution in [3.8, 4) is 11.5 Å². The Hall–Kier alpha value is -3.21. The van der Waals surface area contributed by atoms with E-state index < -0.39 is 27.5 Å². The molecule has 1 aromatic heterocycles. The number of halogens is 3. The summed E-state index contributed by atoms with van der Waals surface area (Å²) in [6.45, 7) is 1.85. The molecule has 3 rings (SSSR count). The van der Waals surface area contributed by atoms with E-state index in [1.54, 1.807) is 12.1 Å². The van der Waals surface area contributed by atoms with E-state index in [1.165, 1.54) is 24.3 Å². The minimum Gasteiger partial charge on any atom is -0.403 e. The molecule has 0 atom stereocenters. The molecular formula is C20H18F3N3O4S. The third-order valence-corrected chi connectivity index (χ3v) is 6.14. The van der Waals surface area contributed by atoms with Gasteiger partial charge >= 0.3 is 12.2 Å². The van der Waals surface area contributed by atoms with E-state index in [0.29, 0.717) is 0 Å². The molecule has 164 valence electrons. The lowest BCUT2D eigenvalue weighted by Crippen LogP contribution is -2.14. The van der Waals surface area contributed by atoms with Crippen molar-refractivity contribution in [2.45, 2.75) is 30.8 Å². The average Bonchev–Trinajstić information content (AvgIpc) is 3.16. The van der Waals surface area contributed by atoms with Crippen LogP contribution in [-0.2, 0) is 20.8 Å². The predicted octanol–water partition coefficient (Wildman–Crippen LogP) is 4.26. The smallest absolute Gasteiger partial charge is 0.403 e. The molecule has 2 aromatic carbocycles. The van der Waals surface area contributed by atoms with Gasteiger partial charge in [-0.3, -0.25) is 10.1 Å². The summed E-state index contributed by atoms with van der Waals surface area (Å²) in [7, 11) is -3.50. The van der Waals surface area contributed by atoms with Crippen LogP contribution < -0.4 is 5.32 Å². The monoisotopic (exact) mass is 453 g/mol. The average molecular weight is 453 g/mol. The van der Waals surface area contributed by atoms with Crippen LogP contribution in [0.2, 0.25) is 0 Å². The van der Waals surface area contributed by atoms with Crippen LogP contribution in [0.1, 0.15) is 24.0 Å². The van der Waals surface area contributed by atoms with Gasteiger partial charge in [-0.25, -0.2) is 8.42 Å². The first kappa shape index (κ1) is 22.5. The number of carbonyl (C=O) groups is 1. The predicted molar refractivity (Wildman–Crippen MR) is 106 cm³/mol. The molecule has 31 heavy (non-hydrogen) atoms. The van der Waals surface area contributed by atoms with Gasteiger partial charge in [0.2, 0.25) is 11.8 Å². The first-order valence-corrected chi connectivity index (χ1v) is 10.8. The van der Waals surface area contributed by atoms with Crippen LogP contribution in [0.15, 0.2) is 57.8 Å². The maximum Gasteiger partial charge on any atom is 0.416 e. The fraction of sp³-hybridized carbons (Fsp3) is 0.250. The summed E-state index contributed by atoms with van der Waals surface area (Å²) in [5.74, 6) is -0.794. The Bertz CT molecular complexity index is 1160. The third-order valence-electron chi connectivity index (χ3n) is 4.33. The molecule has 0 fully saturated rings. The van der Waals surface area contributed by atoms with Crippen molar-refractivity contribution in [1.82, 2.24) is 10.2 Å². The molecule has 0 saturated heterocycles. The van der Waals surface area contributed by atoms with E-state index in [4.69, 9.17) is 4.42 Å². The molecule has 0 spiro atoms. The number of hydrogen-bond acceptors (Lipinski definition) is 6. The lowest BCUT2D eigenvalue weighted by Gasteiger charge is -2.06. The Labute approximate surface area is 176 Å². The topological polar surface area (TPSA) is 102 Å². The highest BCUT2D eigenvalue weighted by Gasteiger charge is 2.30. The fourth-order valence-corrected chi connectivity index (χ4v) is 3.97. The number of anilines is 1. The number of nitrogens with one attached hydrogen (secondary N) is 1. The lowest BCUT2D eigenvalue weighted by molar-refractivity contribution is -0.137. The summed E-state index contributed by atoms with van der Waals surface area (Å²) < 4.78 is 67.7. The number of aryl methyl sites for hydroxylation is 1. The van der Waals surface area contributed by atoms with Gasteiger partial charge in [-0.05, 0) is 49.7 Å². The molecule has 0 aliphatic heterocycles. The molecule has 0 radical (unpaired) electrons. The molecule has 7 nitrogen and oxygen atoms in total. The molecule has 1 amide bonds. The highest BCUT2D eigenvalue weighted by molar-refractivity contribution is 7.91. The van der Waals surface area contributed by atoms with Gasteiger partial charge in [-0.2, -0.15) is 13.2 Å². The molecule has 11 heteroatoms. The number of sulfone groups is 1. The van der Waals surface area contributed by atoms with Crippen LogP contribution in [0.5, 0.6) is 0 Å². The van der Waals surface area contributed by atoms with Crippen molar-refractivity contribution < 1.29 is 30.8 Å². The van der Waals surface area contributed by atoms with Gasteiger partial charge in [0.15, 0.2) is 9.84 Å². The number of aromatic nitrogens is 2. The summed E-state index contributed by atoms with van der Waals surface area (Å²) >= 11 is 0. The second kappa shape index (κ2) is 8.88. The molecule has 0 unspecified atom stereocenters. The van der Waals surface area contributed by atoms with Crippen LogP contribution in [0.25, 0.3) is 11.5 Å². The second-order valence-electron chi connectivity index (χ2n) is 6.77. The second-order valence-corrected chi connectivity index (χ2v) is 8.88. The van der Waals surface area contributed by atoms with Crippen molar-refractivity contribution in [1.29, 1.82) is 0 Å². The molecule has 0 aliphatic rings. The molecule has 0 bridgehead atoms. The molecule has 1 heterocycles. The SMILES string of the molecule is Cc1ccc(S(=O)(=O)CCCC(=O)Nc2nnc(-c3ccc(C(F)(F)F)cc3)o2)cc1. The number of amides is 1. The normalized spacial score (nSPS) is 12.0. The highest BCUT2D eigenvalue weighted by Crippen LogP contribution is 2.31. The van der Waals surface area contributed by atoms with Gasteiger partial charge in [0, 0.05) is 12.0 Å². The zero-order chi connectivity index (χ0) is 22.6. The number of carbonyl (C=O) groups excluding carboxylic acids is 1. The number of alkyl halides is 3. The van der Waals surface area contributed by atoms with E-state index in [-0.39, 0.29) is 41.0 Å². The van der Waals surface area contributed by atoms with Gasteiger partial charge in [-0.1, -0.05) is 22.8 Å². The minimum absolute atomic E-state index is 0.0639. The number of rotatable bonds is 7. The third kappa shape index (κ3) is 5.91.